The van der Waals surface area contributed by atoms with E-state index < -0.39 is 0 Å². The van der Waals surface area contributed by atoms with Crippen LogP contribution in [0.3, 0.4) is 0 Å². The van der Waals surface area contributed by atoms with Crippen LogP contribution in [0.25, 0.3) is 0 Å². The molecule has 0 bridgehead atoms. The second kappa shape index (κ2) is 6.00. The van der Waals surface area contributed by atoms with Crippen LogP contribution in [0.2, 0.25) is 0 Å². The van der Waals surface area contributed by atoms with E-state index in [1.165, 1.54) is 6.42 Å². The third-order valence-electron chi connectivity index (χ3n) is 3.48. The molecule has 1 fully saturated rings. The molecule has 0 saturated heterocycles. The number of aliphatic hydroxyl groups is 1. The van der Waals surface area contributed by atoms with Crippen molar-refractivity contribution in [1.82, 2.24) is 5.32 Å². The molecule has 4 nitrogen and oxygen atoms in total. The van der Waals surface area contributed by atoms with E-state index in [4.69, 9.17) is 10.2 Å². The standard InChI is InChI=1S/C12H19BrN2O2/c13-12-5-4-11(17-12)10(6-14)15-9-3-1-2-8(9)7-16/h4-5,8-10,15-16H,1-3,6-7,14H2. The van der Waals surface area contributed by atoms with Gasteiger partial charge in [0.1, 0.15) is 5.76 Å². The largest absolute Gasteiger partial charge is 0.453 e. The van der Waals surface area contributed by atoms with Crippen molar-refractivity contribution >= 4 is 15.9 Å². The van der Waals surface area contributed by atoms with Crippen molar-refractivity contribution in [3.05, 3.63) is 22.6 Å². The van der Waals surface area contributed by atoms with Crippen LogP contribution >= 0.6 is 15.9 Å². The highest BCUT2D eigenvalue weighted by Gasteiger charge is 2.29. The fourth-order valence-electron chi connectivity index (χ4n) is 2.52. The number of hydrogen-bond donors (Lipinski definition) is 3. The van der Waals surface area contributed by atoms with Crippen molar-refractivity contribution in [2.45, 2.75) is 31.3 Å². The molecule has 1 aliphatic carbocycles. The van der Waals surface area contributed by atoms with Crippen LogP contribution in [0.15, 0.2) is 21.2 Å². The normalized spacial score (nSPS) is 26.3. The maximum absolute atomic E-state index is 9.29. The van der Waals surface area contributed by atoms with Gasteiger partial charge in [-0.1, -0.05) is 6.42 Å². The zero-order valence-electron chi connectivity index (χ0n) is 9.73. The first-order chi connectivity index (χ1) is 8.24. The Labute approximate surface area is 110 Å². The minimum Gasteiger partial charge on any atom is -0.453 e. The SMILES string of the molecule is NCC(NC1CCCC1CO)c1ccc(Br)o1. The molecule has 0 aromatic carbocycles. The van der Waals surface area contributed by atoms with E-state index in [0.717, 1.165) is 23.3 Å². The molecule has 3 atom stereocenters. The zero-order chi connectivity index (χ0) is 12.3. The number of nitrogens with one attached hydrogen (secondary N) is 1. The Kier molecular flexibility index (Phi) is 4.62. The Hall–Kier alpha value is -0.360. The van der Waals surface area contributed by atoms with Crippen molar-refractivity contribution in [2.75, 3.05) is 13.2 Å². The lowest BCUT2D eigenvalue weighted by Gasteiger charge is -2.24. The molecule has 96 valence electrons. The molecule has 1 saturated carbocycles. The summed E-state index contributed by atoms with van der Waals surface area (Å²) in [6.45, 7) is 0.741. The summed E-state index contributed by atoms with van der Waals surface area (Å²) in [5.74, 6) is 1.20. The molecule has 4 N–H and O–H groups in total. The summed E-state index contributed by atoms with van der Waals surface area (Å²) < 4.78 is 6.25. The number of halogens is 1. The molecule has 2 rings (SSSR count). The molecule has 1 aromatic rings. The van der Waals surface area contributed by atoms with Crippen LogP contribution in [-0.2, 0) is 0 Å². The predicted molar refractivity (Wildman–Crippen MR) is 69.6 cm³/mol. The molecule has 3 unspecified atom stereocenters. The lowest BCUT2D eigenvalue weighted by molar-refractivity contribution is 0.197. The Morgan fingerprint density at radius 1 is 1.53 bits per heavy atom. The van der Waals surface area contributed by atoms with E-state index in [1.54, 1.807) is 0 Å². The Morgan fingerprint density at radius 2 is 2.35 bits per heavy atom. The summed E-state index contributed by atoms with van der Waals surface area (Å²) in [7, 11) is 0. The lowest BCUT2D eigenvalue weighted by atomic mass is 10.0. The molecule has 0 aliphatic heterocycles. The topological polar surface area (TPSA) is 71.4 Å². The summed E-state index contributed by atoms with van der Waals surface area (Å²) in [4.78, 5) is 0. The fourth-order valence-corrected chi connectivity index (χ4v) is 2.83. The van der Waals surface area contributed by atoms with Crippen molar-refractivity contribution < 1.29 is 9.52 Å². The van der Waals surface area contributed by atoms with Gasteiger partial charge in [-0.3, -0.25) is 0 Å². The van der Waals surface area contributed by atoms with Crippen LogP contribution in [0.5, 0.6) is 0 Å². The third kappa shape index (κ3) is 3.10. The van der Waals surface area contributed by atoms with Gasteiger partial charge in [0.25, 0.3) is 0 Å². The van der Waals surface area contributed by atoms with Gasteiger partial charge < -0.3 is 20.6 Å². The van der Waals surface area contributed by atoms with Crippen LogP contribution in [0, 0.1) is 5.92 Å². The summed E-state index contributed by atoms with van der Waals surface area (Å²) >= 11 is 3.29. The number of aliphatic hydroxyl groups excluding tert-OH is 1. The number of hydrogen-bond acceptors (Lipinski definition) is 4. The van der Waals surface area contributed by atoms with Crippen LogP contribution in [0.1, 0.15) is 31.1 Å². The highest BCUT2D eigenvalue weighted by atomic mass is 79.9. The molecule has 0 spiro atoms. The second-order valence-electron chi connectivity index (χ2n) is 4.58. The van der Waals surface area contributed by atoms with E-state index in [2.05, 4.69) is 21.2 Å². The van der Waals surface area contributed by atoms with Gasteiger partial charge in [0.05, 0.1) is 6.04 Å². The summed E-state index contributed by atoms with van der Waals surface area (Å²) in [6, 6.07) is 4.17. The van der Waals surface area contributed by atoms with Crippen LogP contribution in [0.4, 0.5) is 0 Å². The van der Waals surface area contributed by atoms with Gasteiger partial charge in [-0.2, -0.15) is 0 Å². The number of rotatable bonds is 5. The van der Waals surface area contributed by atoms with Crippen molar-refractivity contribution in [3.8, 4) is 0 Å². The first kappa shape index (κ1) is 13.1. The van der Waals surface area contributed by atoms with Crippen molar-refractivity contribution in [2.24, 2.45) is 11.7 Å². The molecule has 5 heteroatoms. The molecule has 1 aromatic heterocycles. The summed E-state index contributed by atoms with van der Waals surface area (Å²) in [6.07, 6.45) is 3.36. The van der Waals surface area contributed by atoms with Gasteiger partial charge >= 0.3 is 0 Å². The van der Waals surface area contributed by atoms with E-state index in [0.29, 0.717) is 18.5 Å². The number of furan rings is 1. The first-order valence-corrected chi connectivity index (χ1v) is 6.86. The number of nitrogens with two attached hydrogens (primary N) is 1. The average molecular weight is 303 g/mol. The fraction of sp³-hybridized carbons (Fsp3) is 0.667. The monoisotopic (exact) mass is 302 g/mol. The summed E-state index contributed by atoms with van der Waals surface area (Å²) in [5.41, 5.74) is 5.78. The lowest BCUT2D eigenvalue weighted by Crippen LogP contribution is -2.39. The molecule has 1 aliphatic rings. The third-order valence-corrected chi connectivity index (χ3v) is 3.91. The summed E-state index contributed by atoms with van der Waals surface area (Å²) in [5, 5.41) is 12.8. The van der Waals surface area contributed by atoms with Gasteiger partial charge in [-0.15, -0.1) is 0 Å². The van der Waals surface area contributed by atoms with E-state index in [9.17, 15) is 5.11 Å². The molecular formula is C12H19BrN2O2. The maximum Gasteiger partial charge on any atom is 0.169 e. The smallest absolute Gasteiger partial charge is 0.169 e. The quantitative estimate of drug-likeness (QED) is 0.775. The zero-order valence-corrected chi connectivity index (χ0v) is 11.3. The predicted octanol–water partition coefficient (Wildman–Crippen LogP) is 1.79. The van der Waals surface area contributed by atoms with E-state index in [-0.39, 0.29) is 12.6 Å². The molecule has 0 amide bonds. The minimum absolute atomic E-state index is 0.0263. The first-order valence-electron chi connectivity index (χ1n) is 6.06. The van der Waals surface area contributed by atoms with Crippen molar-refractivity contribution in [3.63, 3.8) is 0 Å². The van der Waals surface area contributed by atoms with Gasteiger partial charge in [0, 0.05) is 19.2 Å². The van der Waals surface area contributed by atoms with Gasteiger partial charge in [0.15, 0.2) is 4.67 Å². The molecule has 0 radical (unpaired) electrons. The highest BCUT2D eigenvalue weighted by Crippen LogP contribution is 2.28. The van der Waals surface area contributed by atoms with E-state index in [1.807, 2.05) is 12.1 Å². The van der Waals surface area contributed by atoms with Crippen LogP contribution in [-0.4, -0.2) is 24.3 Å². The van der Waals surface area contributed by atoms with Gasteiger partial charge in [-0.25, -0.2) is 0 Å². The minimum atomic E-state index is 0.0263. The van der Waals surface area contributed by atoms with Crippen molar-refractivity contribution in [1.29, 1.82) is 0 Å². The Balaban J connectivity index is 2.00. The second-order valence-corrected chi connectivity index (χ2v) is 5.36. The van der Waals surface area contributed by atoms with E-state index >= 15 is 0 Å². The average Bonchev–Trinajstić information content (AvgIpc) is 2.94. The maximum atomic E-state index is 9.29. The van der Waals surface area contributed by atoms with Crippen LogP contribution < -0.4 is 11.1 Å². The van der Waals surface area contributed by atoms with Gasteiger partial charge in [0.2, 0.25) is 0 Å². The molecule has 1 heterocycles. The Bertz CT molecular complexity index is 356. The molecular weight excluding hydrogens is 284 g/mol. The highest BCUT2D eigenvalue weighted by molar-refractivity contribution is 9.10. The Morgan fingerprint density at radius 3 is 2.94 bits per heavy atom. The van der Waals surface area contributed by atoms with Gasteiger partial charge in [-0.05, 0) is 46.8 Å². The molecule has 17 heavy (non-hydrogen) atoms.